The minimum absolute atomic E-state index is 0.0216. The van der Waals surface area contributed by atoms with E-state index in [2.05, 4.69) is 43.5 Å². The largest absolute Gasteiger partial charge is 0.466 e. The molecular formula is C76H147NO5. The van der Waals surface area contributed by atoms with Crippen molar-refractivity contribution in [3.8, 4) is 0 Å². The highest BCUT2D eigenvalue weighted by atomic mass is 16.5. The van der Waals surface area contributed by atoms with Crippen LogP contribution in [0.3, 0.4) is 0 Å². The average molecular weight is 1160 g/mol. The van der Waals surface area contributed by atoms with Crippen LogP contribution in [0.25, 0.3) is 0 Å². The van der Waals surface area contributed by atoms with E-state index in [-0.39, 0.29) is 18.5 Å². The van der Waals surface area contributed by atoms with Gasteiger partial charge in [-0.15, -0.1) is 0 Å². The van der Waals surface area contributed by atoms with E-state index in [1.165, 1.54) is 347 Å². The number of aliphatic hydroxyl groups is 2. The number of carbonyl (C=O) groups is 2. The van der Waals surface area contributed by atoms with Crippen LogP contribution in [0.15, 0.2) is 24.3 Å². The number of unbranched alkanes of at least 4 members (excludes halogenated alkanes) is 56. The molecule has 0 aliphatic heterocycles. The first-order valence-corrected chi connectivity index (χ1v) is 37.6. The minimum atomic E-state index is -0.661. The molecule has 486 valence electrons. The summed E-state index contributed by atoms with van der Waals surface area (Å²) >= 11 is 0. The molecule has 0 aromatic rings. The Hall–Kier alpha value is -1.66. The summed E-state index contributed by atoms with van der Waals surface area (Å²) in [5, 5.41) is 23.3. The van der Waals surface area contributed by atoms with Gasteiger partial charge in [-0.2, -0.15) is 0 Å². The fraction of sp³-hybridized carbons (Fsp3) is 0.921. The molecule has 2 unspecified atom stereocenters. The Labute approximate surface area is 513 Å². The number of nitrogens with one attached hydrogen (secondary N) is 1. The summed E-state index contributed by atoms with van der Waals surface area (Å²) in [6.07, 6.45) is 91.2. The molecule has 0 aliphatic carbocycles. The maximum atomic E-state index is 12.5. The van der Waals surface area contributed by atoms with Crippen LogP contribution in [0.5, 0.6) is 0 Å². The lowest BCUT2D eigenvalue weighted by Gasteiger charge is -2.22. The van der Waals surface area contributed by atoms with Crippen molar-refractivity contribution in [2.75, 3.05) is 13.2 Å². The van der Waals surface area contributed by atoms with Gasteiger partial charge in [-0.05, 0) is 57.8 Å². The van der Waals surface area contributed by atoms with Crippen molar-refractivity contribution in [1.82, 2.24) is 5.32 Å². The van der Waals surface area contributed by atoms with Gasteiger partial charge in [-0.3, -0.25) is 9.59 Å². The van der Waals surface area contributed by atoms with Crippen LogP contribution in [0.1, 0.15) is 425 Å². The van der Waals surface area contributed by atoms with Crippen molar-refractivity contribution in [3.05, 3.63) is 24.3 Å². The molecule has 1 amide bonds. The summed E-state index contributed by atoms with van der Waals surface area (Å²) in [7, 11) is 0. The van der Waals surface area contributed by atoms with Crippen molar-refractivity contribution in [2.45, 2.75) is 437 Å². The molecule has 0 radical (unpaired) electrons. The van der Waals surface area contributed by atoms with Gasteiger partial charge in [0.25, 0.3) is 0 Å². The summed E-state index contributed by atoms with van der Waals surface area (Å²) in [4.78, 5) is 24.5. The molecule has 6 nitrogen and oxygen atoms in total. The summed E-state index contributed by atoms with van der Waals surface area (Å²) in [5.74, 6) is -0.00737. The topological polar surface area (TPSA) is 95.9 Å². The molecule has 6 heteroatoms. The van der Waals surface area contributed by atoms with E-state index >= 15 is 0 Å². The normalized spacial score (nSPS) is 12.6. The fourth-order valence-electron chi connectivity index (χ4n) is 12.0. The second kappa shape index (κ2) is 71.8. The highest BCUT2D eigenvalue weighted by Gasteiger charge is 2.20. The number of allylic oxidation sites excluding steroid dienone is 4. The monoisotopic (exact) mass is 1150 g/mol. The fourth-order valence-corrected chi connectivity index (χ4v) is 12.0. The molecule has 0 aliphatic rings. The summed E-state index contributed by atoms with van der Waals surface area (Å²) in [6.45, 7) is 4.99. The van der Waals surface area contributed by atoms with E-state index in [1.807, 2.05) is 0 Å². The summed E-state index contributed by atoms with van der Waals surface area (Å²) in [5.41, 5.74) is 0. The van der Waals surface area contributed by atoms with Crippen LogP contribution in [-0.4, -0.2) is 47.4 Å². The van der Waals surface area contributed by atoms with E-state index in [4.69, 9.17) is 4.74 Å². The number of aliphatic hydroxyl groups excluding tert-OH is 2. The number of carbonyl (C=O) groups excluding carboxylic acids is 2. The number of ether oxygens (including phenoxy) is 1. The van der Waals surface area contributed by atoms with Crippen molar-refractivity contribution in [3.63, 3.8) is 0 Å². The van der Waals surface area contributed by atoms with E-state index in [0.29, 0.717) is 25.9 Å². The van der Waals surface area contributed by atoms with Crippen molar-refractivity contribution >= 4 is 11.9 Å². The van der Waals surface area contributed by atoms with Crippen LogP contribution in [-0.2, 0) is 14.3 Å². The second-order valence-corrected chi connectivity index (χ2v) is 26.0. The third kappa shape index (κ3) is 67.5. The predicted molar refractivity (Wildman–Crippen MR) is 361 cm³/mol. The molecular weight excluding hydrogens is 1010 g/mol. The van der Waals surface area contributed by atoms with Crippen molar-refractivity contribution in [1.29, 1.82) is 0 Å². The molecule has 0 heterocycles. The quantitative estimate of drug-likeness (QED) is 0.0320. The molecule has 0 aromatic carbocycles. The highest BCUT2D eigenvalue weighted by Crippen LogP contribution is 2.19. The lowest BCUT2D eigenvalue weighted by atomic mass is 10.0. The third-order valence-corrected chi connectivity index (χ3v) is 17.8. The summed E-state index contributed by atoms with van der Waals surface area (Å²) < 4.78 is 5.49. The number of amides is 1. The zero-order valence-corrected chi connectivity index (χ0v) is 55.8. The Morgan fingerprint density at radius 1 is 0.341 bits per heavy atom. The Morgan fingerprint density at radius 2 is 0.610 bits per heavy atom. The van der Waals surface area contributed by atoms with Crippen LogP contribution in [0.2, 0.25) is 0 Å². The molecule has 0 rings (SSSR count). The van der Waals surface area contributed by atoms with Gasteiger partial charge >= 0.3 is 5.97 Å². The third-order valence-electron chi connectivity index (χ3n) is 17.8. The molecule has 0 aromatic heterocycles. The van der Waals surface area contributed by atoms with Crippen LogP contribution in [0, 0.1) is 0 Å². The van der Waals surface area contributed by atoms with Gasteiger partial charge in [-0.1, -0.05) is 378 Å². The summed E-state index contributed by atoms with van der Waals surface area (Å²) in [6, 6.07) is -0.538. The zero-order valence-electron chi connectivity index (χ0n) is 55.8. The van der Waals surface area contributed by atoms with E-state index in [1.54, 1.807) is 0 Å². The van der Waals surface area contributed by atoms with Gasteiger partial charge < -0.3 is 20.3 Å². The smallest absolute Gasteiger partial charge is 0.305 e. The predicted octanol–water partition coefficient (Wildman–Crippen LogP) is 24.5. The van der Waals surface area contributed by atoms with Gasteiger partial charge in [0.1, 0.15) is 0 Å². The molecule has 82 heavy (non-hydrogen) atoms. The minimum Gasteiger partial charge on any atom is -0.466 e. The molecule has 2 atom stereocenters. The van der Waals surface area contributed by atoms with E-state index < -0.39 is 12.1 Å². The number of esters is 1. The second-order valence-electron chi connectivity index (χ2n) is 26.0. The number of hydrogen-bond donors (Lipinski definition) is 3. The molecule has 0 saturated heterocycles. The van der Waals surface area contributed by atoms with Crippen LogP contribution in [0.4, 0.5) is 0 Å². The standard InChI is InChI=1S/C76H147NO5/c1-3-5-7-9-11-13-15-17-45-48-52-56-60-64-68-74(79)73(72-78)77-75(80)69-65-61-57-53-49-46-43-41-39-37-35-33-31-29-27-25-23-21-19-18-20-22-24-26-28-30-32-34-36-38-40-42-44-47-51-55-59-63-67-71-82-76(81)70-66-62-58-54-50-16-14-12-10-8-6-4-2/h18-19,22,24,73-74,78-79H,3-17,20-21,23,25-72H2,1-2H3,(H,77,80)/b19-18-,24-22-. The molecule has 0 spiro atoms. The Kier molecular flexibility index (Phi) is 70.4. The van der Waals surface area contributed by atoms with Gasteiger partial charge in [-0.25, -0.2) is 0 Å². The average Bonchev–Trinajstić information content (AvgIpc) is 3.48. The number of hydrogen-bond acceptors (Lipinski definition) is 5. The van der Waals surface area contributed by atoms with E-state index in [0.717, 1.165) is 44.9 Å². The van der Waals surface area contributed by atoms with Crippen molar-refractivity contribution < 1.29 is 24.5 Å². The SMILES string of the molecule is CCCCCCCCCCCCCCCCC(O)C(CO)NC(=O)CCCCCCCCCCCCCCCCCCC/C=C\C/C=C\CCCCCCCCCCCCCCCCCOC(=O)CCCCCCCCCCCCCC. The van der Waals surface area contributed by atoms with Gasteiger partial charge in [0.15, 0.2) is 0 Å². The lowest BCUT2D eigenvalue weighted by Crippen LogP contribution is -2.45. The van der Waals surface area contributed by atoms with Crippen LogP contribution < -0.4 is 5.32 Å². The maximum absolute atomic E-state index is 12.5. The first-order chi connectivity index (χ1) is 40.5. The Bertz CT molecular complexity index is 1280. The zero-order chi connectivity index (χ0) is 59.2. The molecule has 0 bridgehead atoms. The van der Waals surface area contributed by atoms with Gasteiger partial charge in [0, 0.05) is 12.8 Å². The Morgan fingerprint density at radius 3 is 0.927 bits per heavy atom. The molecule has 0 fully saturated rings. The van der Waals surface area contributed by atoms with E-state index in [9.17, 15) is 19.8 Å². The van der Waals surface area contributed by atoms with Crippen LogP contribution >= 0.6 is 0 Å². The maximum Gasteiger partial charge on any atom is 0.305 e. The molecule has 0 saturated carbocycles. The van der Waals surface area contributed by atoms with Gasteiger partial charge in [0.2, 0.25) is 5.91 Å². The van der Waals surface area contributed by atoms with Crippen molar-refractivity contribution in [2.24, 2.45) is 0 Å². The first-order valence-electron chi connectivity index (χ1n) is 37.6. The highest BCUT2D eigenvalue weighted by molar-refractivity contribution is 5.76. The van der Waals surface area contributed by atoms with Gasteiger partial charge in [0.05, 0.1) is 25.4 Å². The Balaban J connectivity index is 3.34. The lowest BCUT2D eigenvalue weighted by molar-refractivity contribution is -0.143. The number of rotatable bonds is 71. The molecule has 3 N–H and O–H groups in total. The first kappa shape index (κ1) is 80.3.